The number of para-hydroxylation sites is 2. The second kappa shape index (κ2) is 16.6. The molecule has 0 atom stereocenters. The lowest BCUT2D eigenvalue weighted by Crippen LogP contribution is -2.26. The molecule has 0 radical (unpaired) electrons. The summed E-state index contributed by atoms with van der Waals surface area (Å²) in [5.74, 6) is -2.76. The van der Waals surface area contributed by atoms with Crippen molar-refractivity contribution >= 4 is 34.9 Å². The zero-order valence-electron chi connectivity index (χ0n) is 29.8. The first-order valence-electron chi connectivity index (χ1n) is 16.6. The van der Waals surface area contributed by atoms with E-state index in [1.54, 1.807) is 48.5 Å². The summed E-state index contributed by atoms with van der Waals surface area (Å²) >= 11 is 0. The fourth-order valence-electron chi connectivity index (χ4n) is 6.13. The molecule has 1 aromatic heterocycles. The van der Waals surface area contributed by atoms with Crippen LogP contribution in [-0.2, 0) is 51.3 Å². The maximum absolute atomic E-state index is 12.6. The van der Waals surface area contributed by atoms with E-state index < -0.39 is 35.7 Å². The SMILES string of the molecule is COC(=O)C1=CNC=C(C(=O)OC)C1c1ccc(OCc2nc3ccccc3nc2COc2ccc(C3C(C(=O)OC)=CNC=C3C(=O)OC)cc2)cc1. The molecule has 14 heteroatoms. The minimum absolute atomic E-state index is 0.0593. The van der Waals surface area contributed by atoms with Gasteiger partial charge >= 0.3 is 23.9 Å². The van der Waals surface area contributed by atoms with Crippen LogP contribution in [0.1, 0.15) is 34.4 Å². The average Bonchev–Trinajstić information content (AvgIpc) is 3.23. The third-order valence-corrected chi connectivity index (χ3v) is 8.79. The first kappa shape index (κ1) is 36.8. The topological polar surface area (TPSA) is 173 Å². The lowest BCUT2D eigenvalue weighted by Gasteiger charge is -2.24. The van der Waals surface area contributed by atoms with Crippen LogP contribution in [0.2, 0.25) is 0 Å². The number of methoxy groups -OCH3 is 4. The van der Waals surface area contributed by atoms with Gasteiger partial charge in [-0.15, -0.1) is 0 Å². The molecule has 276 valence electrons. The Kier molecular flexibility index (Phi) is 11.3. The summed E-state index contributed by atoms with van der Waals surface area (Å²) < 4.78 is 32.1. The highest BCUT2D eigenvalue weighted by molar-refractivity contribution is 5.99. The summed E-state index contributed by atoms with van der Waals surface area (Å²) in [5, 5.41) is 5.65. The molecule has 2 aliphatic heterocycles. The number of rotatable bonds is 12. The number of esters is 4. The van der Waals surface area contributed by atoms with Crippen LogP contribution in [0.5, 0.6) is 11.5 Å². The molecule has 0 aliphatic carbocycles. The average molecular weight is 733 g/mol. The van der Waals surface area contributed by atoms with E-state index in [-0.39, 0.29) is 35.5 Å². The van der Waals surface area contributed by atoms with Gasteiger partial charge in [-0.3, -0.25) is 0 Å². The molecule has 0 saturated carbocycles. The summed E-state index contributed by atoms with van der Waals surface area (Å²) in [6.07, 6.45) is 5.98. The predicted molar refractivity (Wildman–Crippen MR) is 193 cm³/mol. The van der Waals surface area contributed by atoms with Gasteiger partial charge in [0, 0.05) is 24.8 Å². The number of carbonyl (C=O) groups excluding carboxylic acids is 4. The van der Waals surface area contributed by atoms with Crippen molar-refractivity contribution in [2.24, 2.45) is 0 Å². The first-order chi connectivity index (χ1) is 26.3. The number of nitrogens with one attached hydrogen (secondary N) is 2. The highest BCUT2D eigenvalue weighted by Gasteiger charge is 2.35. The molecule has 0 unspecified atom stereocenters. The predicted octanol–water partition coefficient (Wildman–Crippen LogP) is 4.39. The molecular weight excluding hydrogens is 696 g/mol. The van der Waals surface area contributed by atoms with Gasteiger partial charge in [-0.25, -0.2) is 29.1 Å². The molecule has 0 saturated heterocycles. The number of nitrogens with zero attached hydrogens (tertiary/aromatic N) is 2. The van der Waals surface area contributed by atoms with Gasteiger partial charge in [0.2, 0.25) is 0 Å². The lowest BCUT2D eigenvalue weighted by atomic mass is 9.83. The first-order valence-corrected chi connectivity index (χ1v) is 16.6. The summed E-state index contributed by atoms with van der Waals surface area (Å²) in [6.45, 7) is 0.119. The van der Waals surface area contributed by atoms with Crippen molar-refractivity contribution < 1.29 is 47.6 Å². The van der Waals surface area contributed by atoms with Gasteiger partial charge in [-0.2, -0.15) is 0 Å². The van der Waals surface area contributed by atoms with Crippen molar-refractivity contribution in [3.05, 3.63) is 142 Å². The fourth-order valence-corrected chi connectivity index (χ4v) is 6.13. The zero-order valence-corrected chi connectivity index (χ0v) is 29.8. The van der Waals surface area contributed by atoms with Crippen LogP contribution in [0.25, 0.3) is 11.0 Å². The van der Waals surface area contributed by atoms with Crippen molar-refractivity contribution in [3.63, 3.8) is 0 Å². The number of aromatic nitrogens is 2. The van der Waals surface area contributed by atoms with Crippen LogP contribution in [0.15, 0.2) is 120 Å². The van der Waals surface area contributed by atoms with Gasteiger partial charge in [0.05, 0.1) is 73.6 Å². The van der Waals surface area contributed by atoms with E-state index in [0.29, 0.717) is 45.0 Å². The number of ether oxygens (including phenoxy) is 6. The van der Waals surface area contributed by atoms with E-state index in [1.807, 2.05) is 24.3 Å². The maximum Gasteiger partial charge on any atom is 0.336 e. The molecule has 6 rings (SSSR count). The van der Waals surface area contributed by atoms with Gasteiger partial charge in [0.15, 0.2) is 0 Å². The van der Waals surface area contributed by atoms with E-state index in [9.17, 15) is 19.2 Å². The second-order valence-electron chi connectivity index (χ2n) is 11.9. The van der Waals surface area contributed by atoms with Crippen molar-refractivity contribution in [1.82, 2.24) is 20.6 Å². The molecule has 0 spiro atoms. The highest BCUT2D eigenvalue weighted by Crippen LogP contribution is 2.37. The quantitative estimate of drug-likeness (QED) is 0.155. The maximum atomic E-state index is 12.6. The van der Waals surface area contributed by atoms with Gasteiger partial charge < -0.3 is 39.1 Å². The third kappa shape index (κ3) is 7.77. The van der Waals surface area contributed by atoms with Crippen molar-refractivity contribution in [2.45, 2.75) is 25.0 Å². The Bertz CT molecular complexity index is 1990. The molecule has 3 aromatic carbocycles. The van der Waals surface area contributed by atoms with Crippen LogP contribution in [0.4, 0.5) is 0 Å². The third-order valence-electron chi connectivity index (χ3n) is 8.79. The monoisotopic (exact) mass is 732 g/mol. The second-order valence-corrected chi connectivity index (χ2v) is 11.9. The van der Waals surface area contributed by atoms with Gasteiger partial charge in [0.25, 0.3) is 0 Å². The van der Waals surface area contributed by atoms with E-state index in [0.717, 1.165) is 0 Å². The molecule has 0 amide bonds. The van der Waals surface area contributed by atoms with Crippen molar-refractivity contribution in [2.75, 3.05) is 28.4 Å². The molecule has 4 aromatic rings. The minimum atomic E-state index is -0.721. The Morgan fingerprint density at radius 3 is 1.11 bits per heavy atom. The molecule has 0 fully saturated rings. The number of carbonyl (C=O) groups is 4. The molecule has 2 N–H and O–H groups in total. The Hall–Kier alpha value is -6.96. The van der Waals surface area contributed by atoms with E-state index in [1.165, 1.54) is 53.2 Å². The molecule has 0 bridgehead atoms. The Labute approximate surface area is 310 Å². The van der Waals surface area contributed by atoms with Gasteiger partial charge in [-0.05, 0) is 47.5 Å². The van der Waals surface area contributed by atoms with Crippen LogP contribution >= 0.6 is 0 Å². The minimum Gasteiger partial charge on any atom is -0.487 e. The summed E-state index contributed by atoms with van der Waals surface area (Å²) in [5.41, 5.74) is 4.75. The van der Waals surface area contributed by atoms with Crippen LogP contribution < -0.4 is 20.1 Å². The Morgan fingerprint density at radius 2 is 0.815 bits per heavy atom. The number of hydrogen-bond donors (Lipinski definition) is 2. The largest absolute Gasteiger partial charge is 0.487 e. The number of fused-ring (bicyclic) bond motifs is 1. The lowest BCUT2D eigenvalue weighted by molar-refractivity contribution is -0.138. The molecule has 14 nitrogen and oxygen atoms in total. The molecule has 54 heavy (non-hydrogen) atoms. The smallest absolute Gasteiger partial charge is 0.336 e. The molecule has 3 heterocycles. The van der Waals surface area contributed by atoms with E-state index in [4.69, 9.17) is 38.4 Å². The van der Waals surface area contributed by atoms with Gasteiger partial charge in [0.1, 0.15) is 36.1 Å². The fraction of sp³-hybridized carbons (Fsp3) is 0.200. The van der Waals surface area contributed by atoms with Crippen LogP contribution in [-0.4, -0.2) is 62.3 Å². The van der Waals surface area contributed by atoms with Crippen LogP contribution in [0, 0.1) is 0 Å². The zero-order chi connectivity index (χ0) is 38.2. The van der Waals surface area contributed by atoms with Crippen molar-refractivity contribution in [1.29, 1.82) is 0 Å². The Balaban J connectivity index is 1.20. The number of benzene rings is 3. The van der Waals surface area contributed by atoms with E-state index >= 15 is 0 Å². The Morgan fingerprint density at radius 1 is 0.500 bits per heavy atom. The van der Waals surface area contributed by atoms with E-state index in [2.05, 4.69) is 10.6 Å². The number of dihydropyridines is 2. The molecule has 2 aliphatic rings. The molecular formula is C40H36N4O10. The normalized spacial score (nSPS) is 14.2. The summed E-state index contributed by atoms with van der Waals surface area (Å²) in [7, 11) is 5.10. The van der Waals surface area contributed by atoms with Crippen molar-refractivity contribution in [3.8, 4) is 11.5 Å². The standard InChI is InChI=1S/C40H36N4O10/c1-49-37(45)27-17-41-18-28(38(46)50-2)35(27)23-9-13-25(14-10-23)53-21-33-34(44-32-8-6-5-7-31(32)43-33)22-54-26-15-11-24(12-16-26)36-29(39(47)51-3)19-42-20-30(36)40(48)52-4/h5-20,35-36,41-42H,21-22H2,1-4H3. The highest BCUT2D eigenvalue weighted by atomic mass is 16.5. The summed E-state index contributed by atoms with van der Waals surface area (Å²) in [4.78, 5) is 59.9. The van der Waals surface area contributed by atoms with Gasteiger partial charge in [-0.1, -0.05) is 36.4 Å². The summed E-state index contributed by atoms with van der Waals surface area (Å²) in [6, 6.07) is 21.4. The number of hydrogen-bond acceptors (Lipinski definition) is 14. The van der Waals surface area contributed by atoms with Crippen LogP contribution in [0.3, 0.4) is 0 Å².